The fourth-order valence-electron chi connectivity index (χ4n) is 4.66. The van der Waals surface area contributed by atoms with Gasteiger partial charge in [-0.15, -0.1) is 0 Å². The maximum atomic E-state index is 15.3. The van der Waals surface area contributed by atoms with E-state index in [2.05, 4.69) is 9.97 Å². The van der Waals surface area contributed by atoms with Crippen LogP contribution in [0.1, 0.15) is 33.9 Å². The van der Waals surface area contributed by atoms with Crippen LogP contribution in [-0.2, 0) is 24.3 Å². The number of rotatable bonds is 10. The molecule has 214 valence electrons. The summed E-state index contributed by atoms with van der Waals surface area (Å²) >= 11 is 5.78. The molecule has 1 fully saturated rings. The Labute approximate surface area is 244 Å². The Morgan fingerprint density at radius 3 is 2.62 bits per heavy atom. The van der Waals surface area contributed by atoms with Crippen molar-refractivity contribution in [3.63, 3.8) is 0 Å². The normalized spacial score (nSPS) is 14.5. The van der Waals surface area contributed by atoms with Crippen molar-refractivity contribution in [2.24, 2.45) is 0 Å². The molecule has 42 heavy (non-hydrogen) atoms. The number of fused-ring (bicyclic) bond motifs is 1. The minimum absolute atomic E-state index is 0.00359. The SMILES string of the molecule is O=C(O)c1ccc2nc(Cc3ccc(Oc4ccnc(COc5ccc(Cl)cc5F)c4)cc3F)n(C[C@@H]3CCO3)c2c1. The predicted molar refractivity (Wildman–Crippen MR) is 150 cm³/mol. The van der Waals surface area contributed by atoms with E-state index in [1.165, 1.54) is 30.5 Å². The smallest absolute Gasteiger partial charge is 0.335 e. The first-order chi connectivity index (χ1) is 20.3. The van der Waals surface area contributed by atoms with E-state index < -0.39 is 17.6 Å². The second-order valence-electron chi connectivity index (χ2n) is 9.81. The molecular weight excluding hydrogens is 568 g/mol. The van der Waals surface area contributed by atoms with Crippen molar-refractivity contribution in [1.29, 1.82) is 0 Å². The van der Waals surface area contributed by atoms with Crippen LogP contribution in [0.25, 0.3) is 11.0 Å². The van der Waals surface area contributed by atoms with Crippen molar-refractivity contribution in [1.82, 2.24) is 14.5 Å². The number of aromatic carboxylic acids is 1. The molecule has 1 atom stereocenters. The lowest BCUT2D eigenvalue weighted by Crippen LogP contribution is -2.31. The number of hydrogen-bond acceptors (Lipinski definition) is 6. The third kappa shape index (κ3) is 6.05. The molecule has 0 amide bonds. The molecular formula is C31H24ClF2N3O5. The number of halogens is 3. The lowest BCUT2D eigenvalue weighted by Gasteiger charge is -2.27. The summed E-state index contributed by atoms with van der Waals surface area (Å²) in [5.74, 6) is -0.760. The summed E-state index contributed by atoms with van der Waals surface area (Å²) in [6, 6.07) is 16.7. The van der Waals surface area contributed by atoms with Gasteiger partial charge in [-0.1, -0.05) is 17.7 Å². The Morgan fingerprint density at radius 1 is 1.05 bits per heavy atom. The van der Waals surface area contributed by atoms with Crippen LogP contribution in [0.15, 0.2) is 72.9 Å². The summed E-state index contributed by atoms with van der Waals surface area (Å²) in [7, 11) is 0. The summed E-state index contributed by atoms with van der Waals surface area (Å²) in [5.41, 5.74) is 2.34. The highest BCUT2D eigenvalue weighted by atomic mass is 35.5. The Balaban J connectivity index is 1.18. The highest BCUT2D eigenvalue weighted by Gasteiger charge is 2.23. The molecule has 1 saturated heterocycles. The number of pyridine rings is 1. The van der Waals surface area contributed by atoms with Crippen LogP contribution in [0.5, 0.6) is 17.2 Å². The molecule has 3 aromatic carbocycles. The van der Waals surface area contributed by atoms with E-state index in [1.807, 2.05) is 4.57 Å². The van der Waals surface area contributed by atoms with E-state index in [0.717, 1.165) is 12.5 Å². The molecule has 1 N–H and O–H groups in total. The lowest BCUT2D eigenvalue weighted by molar-refractivity contribution is -0.0589. The highest BCUT2D eigenvalue weighted by Crippen LogP contribution is 2.28. The number of carbonyl (C=O) groups is 1. The van der Waals surface area contributed by atoms with Gasteiger partial charge in [0.1, 0.15) is 29.7 Å². The van der Waals surface area contributed by atoms with E-state index in [0.29, 0.717) is 47.0 Å². The minimum Gasteiger partial charge on any atom is -0.484 e. The predicted octanol–water partition coefficient (Wildman–Crippen LogP) is 6.81. The number of nitrogens with zero attached hydrogens (tertiary/aromatic N) is 3. The summed E-state index contributed by atoms with van der Waals surface area (Å²) < 4.78 is 48.2. The number of benzene rings is 3. The summed E-state index contributed by atoms with van der Waals surface area (Å²) in [6.07, 6.45) is 2.59. The number of aromatic nitrogens is 3. The van der Waals surface area contributed by atoms with Gasteiger partial charge >= 0.3 is 5.97 Å². The Kier molecular flexibility index (Phi) is 7.73. The molecule has 0 saturated carbocycles. The van der Waals surface area contributed by atoms with Gasteiger partial charge in [0.15, 0.2) is 11.6 Å². The Bertz CT molecular complexity index is 1790. The third-order valence-corrected chi connectivity index (χ3v) is 7.16. The molecule has 1 aliphatic heterocycles. The zero-order chi connectivity index (χ0) is 29.2. The first-order valence-electron chi connectivity index (χ1n) is 13.2. The zero-order valence-electron chi connectivity index (χ0n) is 22.1. The standard InChI is InChI=1S/C31H24ClF2N3O5/c32-20-3-6-29(26(34)13-20)41-17-21-14-23(7-9-35-21)42-22-4-1-18(25(33)15-22)12-30-36-27-5-2-19(31(38)39)11-28(27)37(30)16-24-8-10-40-24/h1-7,9,11,13-15,24H,8,10,12,16-17H2,(H,38,39)/t24-/m0/s1. The molecule has 0 bridgehead atoms. The van der Waals surface area contributed by atoms with E-state index in [-0.39, 0.29) is 41.2 Å². The molecule has 3 heterocycles. The molecule has 2 aromatic heterocycles. The van der Waals surface area contributed by atoms with Crippen molar-refractivity contribution in [2.75, 3.05) is 6.61 Å². The van der Waals surface area contributed by atoms with E-state index >= 15 is 4.39 Å². The van der Waals surface area contributed by atoms with E-state index in [1.54, 1.807) is 36.4 Å². The first kappa shape index (κ1) is 27.6. The summed E-state index contributed by atoms with van der Waals surface area (Å²) in [6.45, 7) is 1.16. The quantitative estimate of drug-likeness (QED) is 0.190. The van der Waals surface area contributed by atoms with Crippen LogP contribution in [0.3, 0.4) is 0 Å². The van der Waals surface area contributed by atoms with Gasteiger partial charge in [-0.25, -0.2) is 18.6 Å². The second kappa shape index (κ2) is 11.8. The topological polar surface area (TPSA) is 95.7 Å². The molecule has 0 unspecified atom stereocenters. The van der Waals surface area contributed by atoms with Gasteiger partial charge in [0, 0.05) is 36.4 Å². The molecule has 0 aliphatic carbocycles. The second-order valence-corrected chi connectivity index (χ2v) is 10.2. The van der Waals surface area contributed by atoms with Crippen LogP contribution >= 0.6 is 11.6 Å². The van der Waals surface area contributed by atoms with Gasteiger partial charge in [0.2, 0.25) is 0 Å². The average Bonchev–Trinajstić information content (AvgIpc) is 3.28. The van der Waals surface area contributed by atoms with Crippen LogP contribution in [0.4, 0.5) is 8.78 Å². The van der Waals surface area contributed by atoms with Crippen LogP contribution in [0, 0.1) is 11.6 Å². The van der Waals surface area contributed by atoms with Crippen LogP contribution < -0.4 is 9.47 Å². The van der Waals surface area contributed by atoms with Crippen LogP contribution in [0.2, 0.25) is 5.02 Å². The third-order valence-electron chi connectivity index (χ3n) is 6.92. The van der Waals surface area contributed by atoms with Gasteiger partial charge < -0.3 is 23.9 Å². The van der Waals surface area contributed by atoms with Crippen molar-refractivity contribution in [2.45, 2.75) is 32.1 Å². The Hall–Kier alpha value is -4.54. The van der Waals surface area contributed by atoms with Crippen molar-refractivity contribution in [3.8, 4) is 17.2 Å². The fraction of sp³-hybridized carbons (Fsp3) is 0.194. The number of hydrogen-bond donors (Lipinski definition) is 1. The molecule has 6 rings (SSSR count). The van der Waals surface area contributed by atoms with Gasteiger partial charge in [0.25, 0.3) is 0 Å². The summed E-state index contributed by atoms with van der Waals surface area (Å²) in [4.78, 5) is 20.4. The van der Waals surface area contributed by atoms with Crippen molar-refractivity contribution < 1.29 is 32.9 Å². The monoisotopic (exact) mass is 591 g/mol. The number of imidazole rings is 1. The molecule has 8 nitrogen and oxygen atoms in total. The highest BCUT2D eigenvalue weighted by molar-refractivity contribution is 6.30. The Morgan fingerprint density at radius 2 is 1.88 bits per heavy atom. The maximum Gasteiger partial charge on any atom is 0.335 e. The molecule has 5 aromatic rings. The van der Waals surface area contributed by atoms with Crippen molar-refractivity contribution >= 4 is 28.6 Å². The fourth-order valence-corrected chi connectivity index (χ4v) is 4.82. The zero-order valence-corrected chi connectivity index (χ0v) is 22.9. The minimum atomic E-state index is -1.03. The number of carboxylic acid groups (broad SMARTS) is 1. The van der Waals surface area contributed by atoms with E-state index in [4.69, 9.17) is 25.8 Å². The molecule has 0 spiro atoms. The van der Waals surface area contributed by atoms with Gasteiger partial charge in [-0.2, -0.15) is 0 Å². The molecule has 0 radical (unpaired) electrons. The van der Waals surface area contributed by atoms with Gasteiger partial charge in [-0.05, 0) is 60.5 Å². The van der Waals surface area contributed by atoms with Crippen LogP contribution in [-0.4, -0.2) is 38.3 Å². The average molecular weight is 592 g/mol. The number of ether oxygens (including phenoxy) is 3. The number of carboxylic acids is 1. The van der Waals surface area contributed by atoms with Gasteiger partial charge in [-0.3, -0.25) is 4.98 Å². The van der Waals surface area contributed by atoms with Crippen molar-refractivity contribution in [3.05, 3.63) is 112 Å². The molecule has 1 aliphatic rings. The summed E-state index contributed by atoms with van der Waals surface area (Å²) in [5, 5.41) is 9.72. The van der Waals surface area contributed by atoms with E-state index in [9.17, 15) is 14.3 Å². The van der Waals surface area contributed by atoms with Gasteiger partial charge in [0.05, 0.1) is 34.9 Å². The largest absolute Gasteiger partial charge is 0.484 e. The lowest BCUT2D eigenvalue weighted by atomic mass is 10.1. The maximum absolute atomic E-state index is 15.3. The first-order valence-corrected chi connectivity index (χ1v) is 13.5. The molecule has 11 heteroatoms.